The lowest BCUT2D eigenvalue weighted by atomic mass is 9.94. The highest BCUT2D eigenvalue weighted by atomic mass is 16.5. The van der Waals surface area contributed by atoms with Crippen molar-refractivity contribution in [2.45, 2.75) is 12.2 Å². The van der Waals surface area contributed by atoms with Crippen molar-refractivity contribution < 1.29 is 4.74 Å². The van der Waals surface area contributed by atoms with Gasteiger partial charge in [-0.25, -0.2) is 29.9 Å². The van der Waals surface area contributed by atoms with E-state index < -0.39 is 0 Å². The highest BCUT2D eigenvalue weighted by Crippen LogP contribution is 2.48. The van der Waals surface area contributed by atoms with Gasteiger partial charge in [0.2, 0.25) is 0 Å². The Labute approximate surface area is 254 Å². The van der Waals surface area contributed by atoms with Gasteiger partial charge in [-0.1, -0.05) is 84.9 Å². The number of hydrogen-bond acceptors (Lipinski definition) is 7. The highest BCUT2D eigenvalue weighted by molar-refractivity contribution is 6.07. The summed E-state index contributed by atoms with van der Waals surface area (Å²) in [6.45, 7) is 0. The smallest absolute Gasteiger partial charge is 0.164 e. The first-order valence-electron chi connectivity index (χ1n) is 14.9. The van der Waals surface area contributed by atoms with Crippen LogP contribution in [0.15, 0.2) is 97.1 Å². The number of aromatic nitrogens is 8. The van der Waals surface area contributed by atoms with E-state index >= 15 is 0 Å². The van der Waals surface area contributed by atoms with Gasteiger partial charge < -0.3 is 14.7 Å². The number of nitrogens with zero attached hydrogens (tertiary/aromatic N) is 6. The molecule has 210 valence electrons. The molecule has 4 aliphatic heterocycles. The van der Waals surface area contributed by atoms with Gasteiger partial charge in [-0.2, -0.15) is 0 Å². The summed E-state index contributed by atoms with van der Waals surface area (Å²) < 4.78 is 6.18. The number of H-pyrrole nitrogens is 2. The van der Waals surface area contributed by atoms with Crippen LogP contribution in [-0.2, 0) is 4.74 Å². The van der Waals surface area contributed by atoms with Crippen molar-refractivity contribution in [2.75, 3.05) is 0 Å². The monoisotopic (exact) mass is 580 g/mol. The Morgan fingerprint density at radius 2 is 0.778 bits per heavy atom. The molecule has 45 heavy (non-hydrogen) atoms. The number of hydrogen-bond donors (Lipinski definition) is 2. The van der Waals surface area contributed by atoms with Crippen LogP contribution >= 0.6 is 0 Å². The van der Waals surface area contributed by atoms with Gasteiger partial charge in [0.15, 0.2) is 23.3 Å². The molecule has 4 aromatic carbocycles. The van der Waals surface area contributed by atoms with Gasteiger partial charge in [0.25, 0.3) is 0 Å². The summed E-state index contributed by atoms with van der Waals surface area (Å²) >= 11 is 0. The predicted octanol–water partition coefficient (Wildman–Crippen LogP) is 7.55. The fourth-order valence-electron chi connectivity index (χ4n) is 7.02. The lowest BCUT2D eigenvalue weighted by molar-refractivity contribution is 0.0879. The maximum absolute atomic E-state index is 6.18. The summed E-state index contributed by atoms with van der Waals surface area (Å²) in [5, 5.41) is 3.80. The van der Waals surface area contributed by atoms with Crippen molar-refractivity contribution in [3.63, 3.8) is 0 Å². The van der Waals surface area contributed by atoms with Crippen LogP contribution in [0.1, 0.15) is 23.3 Å². The third-order valence-electron chi connectivity index (χ3n) is 9.12. The number of aromatic amines is 2. The van der Waals surface area contributed by atoms with Gasteiger partial charge in [0, 0.05) is 43.8 Å². The van der Waals surface area contributed by atoms with E-state index in [1.807, 2.05) is 72.8 Å². The maximum atomic E-state index is 6.18. The standard InChI is InChI=1S/C36H20N8O/c1-2-8-18-17(7-1)29-37-30(18)39-32-20-10-4-6-12-22(20)34(41-32)43-36-26-16-24-23(27-13-14-28(24)45-27)15-25(26)35(44-36)42-33-21-11-5-3-9-19(21)31(38-29)40-33/h1-16,27-28H,(H2,37,38,39,40,41,42,43,44). The fourth-order valence-corrected chi connectivity index (χ4v) is 7.02. The number of nitrogens with one attached hydrogen (secondary N) is 2. The predicted molar refractivity (Wildman–Crippen MR) is 172 cm³/mol. The van der Waals surface area contributed by atoms with Crippen LogP contribution in [0, 0.1) is 0 Å². The molecule has 7 aromatic rings. The molecule has 2 unspecified atom stereocenters. The summed E-state index contributed by atoms with van der Waals surface area (Å²) in [7, 11) is 0. The Hall–Kier alpha value is -6.06. The minimum Gasteiger partial charge on any atom is -0.357 e. The molecule has 0 radical (unpaired) electrons. The molecule has 3 aromatic heterocycles. The first-order chi connectivity index (χ1) is 22.2. The van der Waals surface area contributed by atoms with E-state index in [1.165, 1.54) is 0 Å². The van der Waals surface area contributed by atoms with Crippen molar-refractivity contribution >= 4 is 44.1 Å². The molecule has 0 amide bonds. The lowest BCUT2D eigenvalue weighted by Crippen LogP contribution is -1.92. The van der Waals surface area contributed by atoms with Gasteiger partial charge in [-0.3, -0.25) is 0 Å². The normalized spacial score (nSPS) is 17.2. The number of benzene rings is 4. The Morgan fingerprint density at radius 3 is 1.18 bits per heavy atom. The van der Waals surface area contributed by atoms with Crippen molar-refractivity contribution in [3.8, 4) is 45.6 Å². The minimum atomic E-state index is -0.0485. The molecule has 9 heteroatoms. The lowest BCUT2D eigenvalue weighted by Gasteiger charge is -2.06. The molecule has 0 saturated heterocycles. The summed E-state index contributed by atoms with van der Waals surface area (Å²) in [4.78, 5) is 37.4. The third kappa shape index (κ3) is 3.19. The molecular weight excluding hydrogens is 560 g/mol. The number of rotatable bonds is 0. The van der Waals surface area contributed by atoms with Gasteiger partial charge in [-0.15, -0.1) is 0 Å². The summed E-state index contributed by atoms with van der Waals surface area (Å²) in [6.07, 6.45) is 4.14. The van der Waals surface area contributed by atoms with E-state index in [2.05, 4.69) is 34.3 Å². The maximum Gasteiger partial charge on any atom is 0.164 e. The van der Waals surface area contributed by atoms with Crippen molar-refractivity contribution in [3.05, 3.63) is 108 Å². The molecule has 0 saturated carbocycles. The van der Waals surface area contributed by atoms with E-state index in [9.17, 15) is 0 Å². The zero-order chi connectivity index (χ0) is 29.2. The largest absolute Gasteiger partial charge is 0.357 e. The fraction of sp³-hybridized carbons (Fsp3) is 0.0556. The molecule has 9 nitrogen and oxygen atoms in total. The second-order valence-electron chi connectivity index (χ2n) is 11.6. The Morgan fingerprint density at radius 1 is 0.422 bits per heavy atom. The average molecular weight is 581 g/mol. The SMILES string of the molecule is C1=CC2OC1c1cc3c4nc5nc(nc6[nH]c(nc7nc(nc([nH]4)c3cc12)-c1ccccc1-7)c1ccccc61)-c1ccccc1-5. The van der Waals surface area contributed by atoms with Crippen LogP contribution in [0.5, 0.6) is 0 Å². The summed E-state index contributed by atoms with van der Waals surface area (Å²) in [5.41, 5.74) is 8.70. The average Bonchev–Trinajstić information content (AvgIpc) is 3.92. The Balaban J connectivity index is 1.34. The number of ether oxygens (including phenoxy) is 1. The van der Waals surface area contributed by atoms with E-state index in [0.717, 1.165) is 54.9 Å². The molecule has 10 bridgehead atoms. The zero-order valence-electron chi connectivity index (χ0n) is 23.5. The second-order valence-corrected chi connectivity index (χ2v) is 11.6. The molecule has 4 aliphatic rings. The van der Waals surface area contributed by atoms with Crippen molar-refractivity contribution in [1.29, 1.82) is 0 Å². The van der Waals surface area contributed by atoms with Gasteiger partial charge in [-0.05, 0) is 23.3 Å². The van der Waals surface area contributed by atoms with Gasteiger partial charge >= 0.3 is 0 Å². The Bertz CT molecular complexity index is 2490. The van der Waals surface area contributed by atoms with Crippen LogP contribution in [0.4, 0.5) is 0 Å². The molecule has 7 heterocycles. The van der Waals surface area contributed by atoms with Crippen molar-refractivity contribution in [1.82, 2.24) is 39.9 Å². The summed E-state index contributed by atoms with van der Waals surface area (Å²) in [6, 6.07) is 28.6. The van der Waals surface area contributed by atoms with Gasteiger partial charge in [0.05, 0.1) is 0 Å². The van der Waals surface area contributed by atoms with Crippen LogP contribution in [0.3, 0.4) is 0 Å². The molecular formula is C36H20N8O. The van der Waals surface area contributed by atoms with E-state index in [-0.39, 0.29) is 12.2 Å². The summed E-state index contributed by atoms with van der Waals surface area (Å²) in [5.74, 6) is 2.35. The van der Waals surface area contributed by atoms with Crippen LogP contribution in [-0.4, -0.2) is 39.9 Å². The van der Waals surface area contributed by atoms with E-state index in [4.69, 9.17) is 34.6 Å². The highest BCUT2D eigenvalue weighted by Gasteiger charge is 2.34. The van der Waals surface area contributed by atoms with Crippen LogP contribution < -0.4 is 0 Å². The minimum absolute atomic E-state index is 0.0485. The zero-order valence-corrected chi connectivity index (χ0v) is 23.5. The molecule has 0 spiro atoms. The van der Waals surface area contributed by atoms with Crippen LogP contribution in [0.25, 0.3) is 89.7 Å². The molecule has 0 aliphatic carbocycles. The molecule has 2 atom stereocenters. The third-order valence-corrected chi connectivity index (χ3v) is 9.12. The number of fused-ring (bicyclic) bond motifs is 25. The quantitative estimate of drug-likeness (QED) is 0.178. The van der Waals surface area contributed by atoms with E-state index in [1.54, 1.807) is 0 Å². The second kappa shape index (κ2) is 8.31. The first kappa shape index (κ1) is 23.4. The van der Waals surface area contributed by atoms with E-state index in [0.29, 0.717) is 45.9 Å². The molecule has 0 fully saturated rings. The van der Waals surface area contributed by atoms with Crippen molar-refractivity contribution in [2.24, 2.45) is 0 Å². The van der Waals surface area contributed by atoms with Gasteiger partial charge in [0.1, 0.15) is 34.8 Å². The molecule has 2 N–H and O–H groups in total. The topological polar surface area (TPSA) is 118 Å². The Kier molecular flexibility index (Phi) is 4.32. The van der Waals surface area contributed by atoms with Crippen LogP contribution in [0.2, 0.25) is 0 Å². The first-order valence-corrected chi connectivity index (χ1v) is 14.9. The molecule has 11 rings (SSSR count).